The smallest absolute Gasteiger partial charge is 0.233 e. The molecular formula is C7H12F2N2O2. The second kappa shape index (κ2) is 4.74. The summed E-state index contributed by atoms with van der Waals surface area (Å²) in [7, 11) is 0. The van der Waals surface area contributed by atoms with Crippen molar-refractivity contribution in [2.24, 2.45) is 16.9 Å². The van der Waals surface area contributed by atoms with Crippen molar-refractivity contribution in [2.45, 2.75) is 12.8 Å². The molecule has 0 aromatic carbocycles. The fraction of sp³-hybridized carbons (Fsp3) is 0.714. The van der Waals surface area contributed by atoms with Crippen LogP contribution in [0.4, 0.5) is 8.78 Å². The van der Waals surface area contributed by atoms with Crippen LogP contribution in [0.15, 0.2) is 0 Å². The lowest BCUT2D eigenvalue weighted by atomic mass is 9.80. The summed E-state index contributed by atoms with van der Waals surface area (Å²) in [6.45, 7) is -1.88. The molecule has 0 aliphatic heterocycles. The van der Waals surface area contributed by atoms with Gasteiger partial charge in [0, 0.05) is 0 Å². The molecule has 0 aliphatic rings. The Morgan fingerprint density at radius 1 is 1.00 bits per heavy atom. The van der Waals surface area contributed by atoms with Crippen molar-refractivity contribution in [3.05, 3.63) is 0 Å². The van der Waals surface area contributed by atoms with Gasteiger partial charge in [-0.05, 0) is 12.8 Å². The first-order valence-electron chi connectivity index (χ1n) is 3.73. The highest BCUT2D eigenvalue weighted by atomic mass is 19.1. The van der Waals surface area contributed by atoms with Crippen molar-refractivity contribution in [3.63, 3.8) is 0 Å². The highest BCUT2D eigenvalue weighted by Gasteiger charge is 2.42. The van der Waals surface area contributed by atoms with Crippen molar-refractivity contribution in [1.29, 1.82) is 0 Å². The van der Waals surface area contributed by atoms with Gasteiger partial charge >= 0.3 is 0 Å². The van der Waals surface area contributed by atoms with Gasteiger partial charge in [-0.25, -0.2) is 0 Å². The van der Waals surface area contributed by atoms with Gasteiger partial charge < -0.3 is 11.5 Å². The fourth-order valence-corrected chi connectivity index (χ4v) is 1.06. The Morgan fingerprint density at radius 2 is 1.31 bits per heavy atom. The van der Waals surface area contributed by atoms with E-state index < -0.39 is 43.4 Å². The number of amides is 2. The van der Waals surface area contributed by atoms with Gasteiger partial charge in [0.15, 0.2) is 0 Å². The maximum atomic E-state index is 12.0. The number of halogens is 2. The zero-order valence-electron chi connectivity index (χ0n) is 7.06. The van der Waals surface area contributed by atoms with E-state index in [-0.39, 0.29) is 0 Å². The number of hydrogen-bond acceptors (Lipinski definition) is 2. The van der Waals surface area contributed by atoms with E-state index >= 15 is 0 Å². The van der Waals surface area contributed by atoms with E-state index in [9.17, 15) is 18.4 Å². The van der Waals surface area contributed by atoms with Crippen LogP contribution in [0, 0.1) is 5.41 Å². The number of alkyl halides is 2. The summed E-state index contributed by atoms with van der Waals surface area (Å²) >= 11 is 0. The Bertz CT molecular complexity index is 187. The lowest BCUT2D eigenvalue weighted by Gasteiger charge is -2.24. The molecule has 0 aromatic heterocycles. The third-order valence-corrected chi connectivity index (χ3v) is 1.99. The molecule has 0 fully saturated rings. The summed E-state index contributed by atoms with van der Waals surface area (Å²) in [5, 5.41) is 0. The molecule has 0 radical (unpaired) electrons. The molecule has 2 amide bonds. The summed E-state index contributed by atoms with van der Waals surface area (Å²) in [5.74, 6) is -2.15. The van der Waals surface area contributed by atoms with Crippen LogP contribution in [0.1, 0.15) is 12.8 Å². The number of carbonyl (C=O) groups is 2. The first-order chi connectivity index (χ1) is 6.01. The van der Waals surface area contributed by atoms with Gasteiger partial charge in [-0.2, -0.15) is 0 Å². The third kappa shape index (κ3) is 2.37. The normalized spacial score (nSPS) is 11.2. The number of hydrogen-bond donors (Lipinski definition) is 2. The predicted molar refractivity (Wildman–Crippen MR) is 42.0 cm³/mol. The molecule has 0 rings (SSSR count). The average Bonchev–Trinajstić information content (AvgIpc) is 2.03. The minimum atomic E-state index is -1.87. The minimum Gasteiger partial charge on any atom is -0.369 e. The summed E-state index contributed by atoms with van der Waals surface area (Å²) in [5.41, 5.74) is 7.87. The monoisotopic (exact) mass is 194 g/mol. The van der Waals surface area contributed by atoms with E-state index in [0.717, 1.165) is 0 Å². The lowest BCUT2D eigenvalue weighted by molar-refractivity contribution is -0.141. The molecular weight excluding hydrogens is 182 g/mol. The molecule has 0 unspecified atom stereocenters. The molecule has 13 heavy (non-hydrogen) atoms. The Balaban J connectivity index is 4.80. The van der Waals surface area contributed by atoms with Crippen LogP contribution >= 0.6 is 0 Å². The summed E-state index contributed by atoms with van der Waals surface area (Å²) < 4.78 is 24.0. The first-order valence-corrected chi connectivity index (χ1v) is 3.73. The number of nitrogens with two attached hydrogens (primary N) is 2. The third-order valence-electron chi connectivity index (χ3n) is 1.99. The molecule has 4 nitrogen and oxygen atoms in total. The Labute approximate surface area is 74.3 Å². The van der Waals surface area contributed by atoms with E-state index in [2.05, 4.69) is 0 Å². The minimum absolute atomic E-state index is 0.457. The molecule has 6 heteroatoms. The Morgan fingerprint density at radius 3 is 1.46 bits per heavy atom. The highest BCUT2D eigenvalue weighted by molar-refractivity contribution is 6.03. The number of primary amides is 2. The van der Waals surface area contributed by atoms with Gasteiger partial charge in [-0.1, -0.05) is 0 Å². The largest absolute Gasteiger partial charge is 0.369 e. The van der Waals surface area contributed by atoms with E-state index in [4.69, 9.17) is 11.5 Å². The maximum absolute atomic E-state index is 12.0. The van der Waals surface area contributed by atoms with Crippen molar-refractivity contribution in [1.82, 2.24) is 0 Å². The molecule has 4 N–H and O–H groups in total. The summed E-state index contributed by atoms with van der Waals surface area (Å²) in [6, 6.07) is 0. The SMILES string of the molecule is NC(=O)C(CCF)(CCF)C(N)=O. The van der Waals surface area contributed by atoms with E-state index in [1.165, 1.54) is 0 Å². The van der Waals surface area contributed by atoms with E-state index in [1.54, 1.807) is 0 Å². The lowest BCUT2D eigenvalue weighted by Crippen LogP contribution is -2.48. The van der Waals surface area contributed by atoms with Crippen LogP contribution < -0.4 is 11.5 Å². The van der Waals surface area contributed by atoms with Crippen LogP contribution in [0.25, 0.3) is 0 Å². The van der Waals surface area contributed by atoms with Gasteiger partial charge in [-0.3, -0.25) is 18.4 Å². The second-order valence-electron chi connectivity index (χ2n) is 2.69. The van der Waals surface area contributed by atoms with E-state index in [1.807, 2.05) is 0 Å². The van der Waals surface area contributed by atoms with Crippen molar-refractivity contribution in [3.8, 4) is 0 Å². The van der Waals surface area contributed by atoms with Crippen LogP contribution in [-0.4, -0.2) is 25.2 Å². The Kier molecular flexibility index (Phi) is 4.30. The van der Waals surface area contributed by atoms with E-state index in [0.29, 0.717) is 0 Å². The summed E-state index contributed by atoms with van der Waals surface area (Å²) in [4.78, 5) is 21.7. The maximum Gasteiger partial charge on any atom is 0.233 e. The van der Waals surface area contributed by atoms with Crippen molar-refractivity contribution in [2.75, 3.05) is 13.3 Å². The highest BCUT2D eigenvalue weighted by Crippen LogP contribution is 2.26. The summed E-state index contributed by atoms with van der Waals surface area (Å²) in [6.07, 6.45) is -0.914. The molecule has 76 valence electrons. The van der Waals surface area contributed by atoms with Crippen LogP contribution in [0.5, 0.6) is 0 Å². The number of carbonyl (C=O) groups excluding carboxylic acids is 2. The quantitative estimate of drug-likeness (QED) is 0.567. The number of rotatable bonds is 6. The van der Waals surface area contributed by atoms with Crippen molar-refractivity contribution >= 4 is 11.8 Å². The first kappa shape index (κ1) is 11.8. The zero-order chi connectivity index (χ0) is 10.5. The Hall–Kier alpha value is -1.20. The molecule has 0 bridgehead atoms. The van der Waals surface area contributed by atoms with Gasteiger partial charge in [0.25, 0.3) is 0 Å². The topological polar surface area (TPSA) is 86.2 Å². The van der Waals surface area contributed by atoms with Crippen LogP contribution in [0.2, 0.25) is 0 Å². The molecule has 0 aromatic rings. The standard InChI is InChI=1S/C7H12F2N2O2/c8-3-1-7(2-4-9,5(10)12)6(11)13/h1-4H2,(H2,10,12)(H2,11,13). The molecule has 0 saturated heterocycles. The molecule has 0 spiro atoms. The molecule has 0 atom stereocenters. The molecule has 0 heterocycles. The zero-order valence-corrected chi connectivity index (χ0v) is 7.06. The average molecular weight is 194 g/mol. The van der Waals surface area contributed by atoms with Gasteiger partial charge in [-0.15, -0.1) is 0 Å². The van der Waals surface area contributed by atoms with Gasteiger partial charge in [0.1, 0.15) is 5.41 Å². The fourth-order valence-electron chi connectivity index (χ4n) is 1.06. The van der Waals surface area contributed by atoms with Crippen LogP contribution in [-0.2, 0) is 9.59 Å². The predicted octanol–water partition coefficient (Wildman–Crippen LogP) is -0.337. The van der Waals surface area contributed by atoms with Gasteiger partial charge in [0.05, 0.1) is 13.3 Å². The van der Waals surface area contributed by atoms with Crippen LogP contribution in [0.3, 0.4) is 0 Å². The molecule has 0 saturated carbocycles. The second-order valence-corrected chi connectivity index (χ2v) is 2.69. The van der Waals surface area contributed by atoms with Gasteiger partial charge in [0.2, 0.25) is 11.8 Å². The molecule has 0 aliphatic carbocycles. The van der Waals surface area contributed by atoms with Crippen molar-refractivity contribution < 1.29 is 18.4 Å².